The van der Waals surface area contributed by atoms with Gasteiger partial charge in [-0.15, -0.1) is 0 Å². The Morgan fingerprint density at radius 2 is 1.91 bits per heavy atom. The van der Waals surface area contributed by atoms with E-state index in [0.717, 1.165) is 57.3 Å². The van der Waals surface area contributed by atoms with Gasteiger partial charge in [-0.2, -0.15) is 0 Å². The zero-order chi connectivity index (χ0) is 15.0. The molecular formula is C17H22N4O. The van der Waals surface area contributed by atoms with Gasteiger partial charge in [0.1, 0.15) is 18.0 Å². The second kappa shape index (κ2) is 7.75. The molecule has 22 heavy (non-hydrogen) atoms. The van der Waals surface area contributed by atoms with Crippen LogP contribution in [0.2, 0.25) is 0 Å². The molecule has 0 unspecified atom stereocenters. The lowest BCUT2D eigenvalue weighted by atomic mass is 10.1. The average Bonchev–Trinajstić information content (AvgIpc) is 2.61. The molecule has 1 aliphatic rings. The van der Waals surface area contributed by atoms with E-state index in [-0.39, 0.29) is 0 Å². The SMILES string of the molecule is c1ccc(CCCNc2cc(N3CCOCC3)ncn2)cc1. The third-order valence-corrected chi connectivity index (χ3v) is 3.78. The van der Waals surface area contributed by atoms with Crippen molar-refractivity contribution in [3.8, 4) is 0 Å². The maximum atomic E-state index is 5.37. The van der Waals surface area contributed by atoms with Crippen LogP contribution in [0.5, 0.6) is 0 Å². The summed E-state index contributed by atoms with van der Waals surface area (Å²) < 4.78 is 5.37. The van der Waals surface area contributed by atoms with Crippen LogP contribution in [-0.2, 0) is 11.2 Å². The number of aryl methyl sites for hydroxylation is 1. The van der Waals surface area contributed by atoms with Gasteiger partial charge in [-0.3, -0.25) is 0 Å². The van der Waals surface area contributed by atoms with Crippen molar-refractivity contribution in [1.82, 2.24) is 9.97 Å². The van der Waals surface area contributed by atoms with Crippen molar-refractivity contribution in [3.05, 3.63) is 48.3 Å². The molecule has 1 aliphatic heterocycles. The molecule has 0 spiro atoms. The van der Waals surface area contributed by atoms with E-state index in [4.69, 9.17) is 4.74 Å². The summed E-state index contributed by atoms with van der Waals surface area (Å²) in [5.74, 6) is 1.87. The Kier molecular flexibility index (Phi) is 5.21. The summed E-state index contributed by atoms with van der Waals surface area (Å²) in [4.78, 5) is 10.9. The average molecular weight is 298 g/mol. The Balaban J connectivity index is 1.48. The van der Waals surface area contributed by atoms with Gasteiger partial charge >= 0.3 is 0 Å². The second-order valence-corrected chi connectivity index (χ2v) is 5.38. The molecule has 0 saturated carbocycles. The van der Waals surface area contributed by atoms with Gasteiger partial charge in [0.05, 0.1) is 13.2 Å². The van der Waals surface area contributed by atoms with Crippen LogP contribution in [0.3, 0.4) is 0 Å². The third-order valence-electron chi connectivity index (χ3n) is 3.78. The summed E-state index contributed by atoms with van der Waals surface area (Å²) in [6.45, 7) is 4.23. The lowest BCUT2D eigenvalue weighted by Crippen LogP contribution is -2.36. The highest BCUT2D eigenvalue weighted by Crippen LogP contribution is 2.15. The summed E-state index contributed by atoms with van der Waals surface area (Å²) in [5, 5.41) is 3.39. The highest BCUT2D eigenvalue weighted by molar-refractivity contribution is 5.48. The van der Waals surface area contributed by atoms with E-state index < -0.39 is 0 Å². The number of rotatable bonds is 6. The molecule has 1 fully saturated rings. The highest BCUT2D eigenvalue weighted by Gasteiger charge is 2.12. The van der Waals surface area contributed by atoms with E-state index in [0.29, 0.717) is 0 Å². The van der Waals surface area contributed by atoms with Gasteiger partial charge in [-0.25, -0.2) is 9.97 Å². The van der Waals surface area contributed by atoms with E-state index in [1.54, 1.807) is 6.33 Å². The normalized spacial score (nSPS) is 14.8. The maximum Gasteiger partial charge on any atom is 0.134 e. The van der Waals surface area contributed by atoms with Gasteiger partial charge in [0, 0.05) is 25.7 Å². The monoisotopic (exact) mass is 298 g/mol. The zero-order valence-electron chi connectivity index (χ0n) is 12.7. The Morgan fingerprint density at radius 1 is 1.09 bits per heavy atom. The molecule has 5 nitrogen and oxygen atoms in total. The minimum Gasteiger partial charge on any atom is -0.378 e. The molecule has 3 rings (SSSR count). The first kappa shape index (κ1) is 14.8. The van der Waals surface area contributed by atoms with Crippen molar-refractivity contribution < 1.29 is 4.74 Å². The third kappa shape index (κ3) is 4.18. The van der Waals surface area contributed by atoms with Crippen molar-refractivity contribution in [3.63, 3.8) is 0 Å². The molecule has 1 aromatic carbocycles. The van der Waals surface area contributed by atoms with Gasteiger partial charge in [0.25, 0.3) is 0 Å². The molecule has 1 N–H and O–H groups in total. The summed E-state index contributed by atoms with van der Waals surface area (Å²) in [5.41, 5.74) is 1.38. The first-order valence-electron chi connectivity index (χ1n) is 7.84. The molecule has 1 aromatic heterocycles. The lowest BCUT2D eigenvalue weighted by Gasteiger charge is -2.27. The standard InChI is InChI=1S/C17H22N4O/c1-2-5-15(6-3-1)7-4-8-18-16-13-17(20-14-19-16)21-9-11-22-12-10-21/h1-3,5-6,13-14H,4,7-12H2,(H,18,19,20). The van der Waals surface area contributed by atoms with Gasteiger partial charge in [-0.05, 0) is 18.4 Å². The van der Waals surface area contributed by atoms with Crippen molar-refractivity contribution in [1.29, 1.82) is 0 Å². The number of morpholine rings is 1. The molecule has 2 aromatic rings. The Labute approximate surface area is 131 Å². The number of anilines is 2. The first-order chi connectivity index (χ1) is 10.9. The highest BCUT2D eigenvalue weighted by atomic mass is 16.5. The van der Waals surface area contributed by atoms with Crippen molar-refractivity contribution >= 4 is 11.6 Å². The number of nitrogens with one attached hydrogen (secondary N) is 1. The van der Waals surface area contributed by atoms with E-state index in [1.807, 2.05) is 6.07 Å². The van der Waals surface area contributed by atoms with Gasteiger partial charge in [0.15, 0.2) is 0 Å². The number of nitrogens with zero attached hydrogens (tertiary/aromatic N) is 3. The zero-order valence-corrected chi connectivity index (χ0v) is 12.7. The number of benzene rings is 1. The molecule has 1 saturated heterocycles. The van der Waals surface area contributed by atoms with E-state index in [2.05, 4.69) is 50.5 Å². The number of hydrogen-bond donors (Lipinski definition) is 1. The Bertz CT molecular complexity index is 570. The molecule has 116 valence electrons. The summed E-state index contributed by atoms with van der Waals surface area (Å²) >= 11 is 0. The fraction of sp³-hybridized carbons (Fsp3) is 0.412. The van der Waals surface area contributed by atoms with Crippen molar-refractivity contribution in [2.45, 2.75) is 12.8 Å². The number of hydrogen-bond acceptors (Lipinski definition) is 5. The molecular weight excluding hydrogens is 276 g/mol. The van der Waals surface area contributed by atoms with E-state index in [1.165, 1.54) is 5.56 Å². The predicted molar refractivity (Wildman–Crippen MR) is 88.3 cm³/mol. The predicted octanol–water partition coefficient (Wildman–Crippen LogP) is 2.36. The molecule has 2 heterocycles. The van der Waals surface area contributed by atoms with Crippen LogP contribution >= 0.6 is 0 Å². The Morgan fingerprint density at radius 3 is 2.73 bits per heavy atom. The van der Waals surface area contributed by atoms with E-state index >= 15 is 0 Å². The van der Waals surface area contributed by atoms with Crippen LogP contribution in [0.15, 0.2) is 42.7 Å². The quantitative estimate of drug-likeness (QED) is 0.830. The van der Waals surface area contributed by atoms with Crippen LogP contribution in [0.4, 0.5) is 11.6 Å². The summed E-state index contributed by atoms with van der Waals surface area (Å²) in [7, 11) is 0. The van der Waals surface area contributed by atoms with Crippen molar-refractivity contribution in [2.75, 3.05) is 43.1 Å². The van der Waals surface area contributed by atoms with Gasteiger partial charge in [0.2, 0.25) is 0 Å². The molecule has 0 atom stereocenters. The van der Waals surface area contributed by atoms with Crippen LogP contribution in [-0.4, -0.2) is 42.8 Å². The van der Waals surface area contributed by atoms with E-state index in [9.17, 15) is 0 Å². The van der Waals surface area contributed by atoms with Crippen LogP contribution in [0.25, 0.3) is 0 Å². The minimum atomic E-state index is 0.768. The van der Waals surface area contributed by atoms with Crippen molar-refractivity contribution in [2.24, 2.45) is 0 Å². The van der Waals surface area contributed by atoms with Crippen LogP contribution < -0.4 is 10.2 Å². The molecule has 0 bridgehead atoms. The van der Waals surface area contributed by atoms with Crippen LogP contribution in [0.1, 0.15) is 12.0 Å². The molecule has 0 amide bonds. The van der Waals surface area contributed by atoms with Gasteiger partial charge < -0.3 is 15.0 Å². The Hall–Kier alpha value is -2.14. The topological polar surface area (TPSA) is 50.3 Å². The first-order valence-corrected chi connectivity index (χ1v) is 7.84. The largest absolute Gasteiger partial charge is 0.378 e. The maximum absolute atomic E-state index is 5.37. The number of ether oxygens (including phenoxy) is 1. The smallest absolute Gasteiger partial charge is 0.134 e. The van der Waals surface area contributed by atoms with Crippen LogP contribution in [0, 0.1) is 0 Å². The lowest BCUT2D eigenvalue weighted by molar-refractivity contribution is 0.122. The minimum absolute atomic E-state index is 0.768. The summed E-state index contributed by atoms with van der Waals surface area (Å²) in [6.07, 6.45) is 3.79. The van der Waals surface area contributed by atoms with Gasteiger partial charge in [-0.1, -0.05) is 30.3 Å². The fourth-order valence-corrected chi connectivity index (χ4v) is 2.56. The number of aromatic nitrogens is 2. The molecule has 5 heteroatoms. The second-order valence-electron chi connectivity index (χ2n) is 5.38. The summed E-state index contributed by atoms with van der Waals surface area (Å²) in [6, 6.07) is 12.6. The molecule has 0 aliphatic carbocycles. The molecule has 0 radical (unpaired) electrons. The fourth-order valence-electron chi connectivity index (χ4n) is 2.56.